The molecule has 0 bridgehead atoms. The highest BCUT2D eigenvalue weighted by atomic mass is 16.6. The molecule has 1 atom stereocenters. The zero-order chi connectivity index (χ0) is 14.7. The number of hydrogen-bond acceptors (Lipinski definition) is 5. The normalized spacial score (nSPS) is 18.1. The average Bonchev–Trinajstić information content (AvgIpc) is 2.84. The van der Waals surface area contributed by atoms with Crippen LogP contribution in [0.4, 0.5) is 11.4 Å². The van der Waals surface area contributed by atoms with E-state index in [9.17, 15) is 20.0 Å². The molecule has 1 saturated heterocycles. The molecule has 0 aromatic heterocycles. The third-order valence-electron chi connectivity index (χ3n) is 3.28. The smallest absolute Gasteiger partial charge is 0.293 e. The first kappa shape index (κ1) is 14.3. The zero-order valence-corrected chi connectivity index (χ0v) is 11.2. The molecule has 1 unspecified atom stereocenters. The minimum Gasteiger partial charge on any atom is -0.391 e. The number of carbonyl (C=O) groups excluding carboxylic acids is 1. The van der Waals surface area contributed by atoms with Crippen molar-refractivity contribution in [3.05, 3.63) is 33.9 Å². The van der Waals surface area contributed by atoms with Gasteiger partial charge in [-0.05, 0) is 25.5 Å². The Morgan fingerprint density at radius 1 is 1.60 bits per heavy atom. The Morgan fingerprint density at radius 3 is 2.90 bits per heavy atom. The quantitative estimate of drug-likeness (QED) is 0.631. The number of rotatable bonds is 4. The van der Waals surface area contributed by atoms with Crippen molar-refractivity contribution in [3.8, 4) is 0 Å². The highest BCUT2D eigenvalue weighted by Gasteiger charge is 2.27. The molecule has 7 nitrogen and oxygen atoms in total. The summed E-state index contributed by atoms with van der Waals surface area (Å²) in [7, 11) is 0. The van der Waals surface area contributed by atoms with Gasteiger partial charge >= 0.3 is 0 Å². The minimum atomic E-state index is -0.497. The highest BCUT2D eigenvalue weighted by Crippen LogP contribution is 2.31. The van der Waals surface area contributed by atoms with Gasteiger partial charge in [0, 0.05) is 31.3 Å². The van der Waals surface area contributed by atoms with Crippen LogP contribution >= 0.6 is 0 Å². The van der Waals surface area contributed by atoms with Crippen molar-refractivity contribution in [2.75, 3.05) is 24.5 Å². The van der Waals surface area contributed by atoms with Gasteiger partial charge in [-0.25, -0.2) is 0 Å². The van der Waals surface area contributed by atoms with Crippen molar-refractivity contribution < 1.29 is 14.8 Å². The summed E-state index contributed by atoms with van der Waals surface area (Å²) in [6, 6.07) is 4.42. The van der Waals surface area contributed by atoms with Crippen LogP contribution in [0.5, 0.6) is 0 Å². The SMILES string of the molecule is CCNC(=O)c1ccc(N2CCC(O)C2)c([N+](=O)[O-])c1. The van der Waals surface area contributed by atoms with Crippen molar-refractivity contribution in [1.82, 2.24) is 5.32 Å². The molecule has 1 aliphatic heterocycles. The van der Waals surface area contributed by atoms with E-state index in [4.69, 9.17) is 0 Å². The predicted molar refractivity (Wildman–Crippen MR) is 73.9 cm³/mol. The maximum atomic E-state index is 11.7. The number of β-amino-alcohol motifs (C(OH)–C–C–N with tert-alkyl or cyclic N) is 1. The molecule has 0 saturated carbocycles. The number of nitro benzene ring substituents is 1. The molecule has 1 heterocycles. The van der Waals surface area contributed by atoms with Gasteiger partial charge in [0.05, 0.1) is 11.0 Å². The van der Waals surface area contributed by atoms with Gasteiger partial charge in [-0.1, -0.05) is 0 Å². The van der Waals surface area contributed by atoms with Crippen molar-refractivity contribution in [1.29, 1.82) is 0 Å². The molecular weight excluding hydrogens is 262 g/mol. The van der Waals surface area contributed by atoms with Gasteiger partial charge in [0.1, 0.15) is 5.69 Å². The van der Waals surface area contributed by atoms with Gasteiger partial charge in [-0.2, -0.15) is 0 Å². The van der Waals surface area contributed by atoms with E-state index in [2.05, 4.69) is 5.32 Å². The summed E-state index contributed by atoms with van der Waals surface area (Å²) in [6.45, 7) is 3.20. The van der Waals surface area contributed by atoms with E-state index in [0.29, 0.717) is 31.7 Å². The van der Waals surface area contributed by atoms with Gasteiger partial charge < -0.3 is 15.3 Å². The molecular formula is C13H17N3O4. The number of aliphatic hydroxyl groups excluding tert-OH is 1. The van der Waals surface area contributed by atoms with E-state index in [1.54, 1.807) is 24.0 Å². The molecule has 0 aliphatic carbocycles. The van der Waals surface area contributed by atoms with Crippen molar-refractivity contribution in [2.24, 2.45) is 0 Å². The third-order valence-corrected chi connectivity index (χ3v) is 3.28. The Balaban J connectivity index is 2.33. The Kier molecular flexibility index (Phi) is 4.19. The van der Waals surface area contributed by atoms with Crippen LogP contribution < -0.4 is 10.2 Å². The largest absolute Gasteiger partial charge is 0.391 e. The van der Waals surface area contributed by atoms with Gasteiger partial charge in [-0.15, -0.1) is 0 Å². The number of nitrogens with one attached hydrogen (secondary N) is 1. The summed E-state index contributed by atoms with van der Waals surface area (Å²) in [6.07, 6.45) is 0.132. The summed E-state index contributed by atoms with van der Waals surface area (Å²) in [5, 5.41) is 23.3. The fourth-order valence-corrected chi connectivity index (χ4v) is 2.30. The lowest BCUT2D eigenvalue weighted by molar-refractivity contribution is -0.384. The van der Waals surface area contributed by atoms with E-state index in [1.807, 2.05) is 0 Å². The molecule has 20 heavy (non-hydrogen) atoms. The second-order valence-corrected chi connectivity index (χ2v) is 4.71. The van der Waals surface area contributed by atoms with Gasteiger partial charge in [0.25, 0.3) is 11.6 Å². The second-order valence-electron chi connectivity index (χ2n) is 4.71. The van der Waals surface area contributed by atoms with E-state index in [-0.39, 0.29) is 17.2 Å². The van der Waals surface area contributed by atoms with Gasteiger partial charge in [-0.3, -0.25) is 14.9 Å². The Labute approximate surface area is 116 Å². The number of carbonyl (C=O) groups is 1. The molecule has 2 rings (SSSR count). The summed E-state index contributed by atoms with van der Waals surface area (Å²) in [4.78, 5) is 24.2. The molecule has 7 heteroatoms. The average molecular weight is 279 g/mol. The molecule has 0 radical (unpaired) electrons. The van der Waals surface area contributed by atoms with Crippen LogP contribution in [0.15, 0.2) is 18.2 Å². The van der Waals surface area contributed by atoms with Crippen LogP contribution in [0.1, 0.15) is 23.7 Å². The van der Waals surface area contributed by atoms with Crippen molar-refractivity contribution >= 4 is 17.3 Å². The predicted octanol–water partition coefficient (Wildman–Crippen LogP) is 0.916. The van der Waals surface area contributed by atoms with E-state index in [0.717, 1.165) is 0 Å². The van der Waals surface area contributed by atoms with Crippen molar-refractivity contribution in [2.45, 2.75) is 19.4 Å². The minimum absolute atomic E-state index is 0.108. The molecule has 0 spiro atoms. The monoisotopic (exact) mass is 279 g/mol. The van der Waals surface area contributed by atoms with E-state index >= 15 is 0 Å². The topological polar surface area (TPSA) is 95.7 Å². The van der Waals surface area contributed by atoms with Crippen LogP contribution in [0.2, 0.25) is 0 Å². The zero-order valence-electron chi connectivity index (χ0n) is 11.2. The molecule has 1 aliphatic rings. The number of aliphatic hydroxyl groups is 1. The lowest BCUT2D eigenvalue weighted by Crippen LogP contribution is -2.24. The number of nitro groups is 1. The van der Waals surface area contributed by atoms with Crippen LogP contribution in [0.3, 0.4) is 0 Å². The summed E-state index contributed by atoms with van der Waals surface area (Å²) in [5.74, 6) is -0.330. The molecule has 1 amide bonds. The summed E-state index contributed by atoms with van der Waals surface area (Å²) < 4.78 is 0. The Bertz CT molecular complexity index is 532. The number of anilines is 1. The Hall–Kier alpha value is -2.15. The van der Waals surface area contributed by atoms with E-state index < -0.39 is 11.0 Å². The first-order valence-electron chi connectivity index (χ1n) is 6.52. The summed E-state index contributed by atoms with van der Waals surface area (Å²) in [5.41, 5.74) is 0.601. The summed E-state index contributed by atoms with van der Waals surface area (Å²) >= 11 is 0. The fraction of sp³-hybridized carbons (Fsp3) is 0.462. The first-order chi connectivity index (χ1) is 9.52. The standard InChI is InChI=1S/C13H17N3O4/c1-2-14-13(18)9-3-4-11(12(7-9)16(19)20)15-6-5-10(17)8-15/h3-4,7,10,17H,2,5-6,8H2,1H3,(H,14,18). The number of benzene rings is 1. The molecule has 108 valence electrons. The molecule has 2 N–H and O–H groups in total. The fourth-order valence-electron chi connectivity index (χ4n) is 2.30. The lowest BCUT2D eigenvalue weighted by atomic mass is 10.1. The number of amides is 1. The lowest BCUT2D eigenvalue weighted by Gasteiger charge is -2.18. The molecule has 1 fully saturated rings. The number of hydrogen-bond donors (Lipinski definition) is 2. The van der Waals surface area contributed by atoms with Crippen LogP contribution in [-0.2, 0) is 0 Å². The van der Waals surface area contributed by atoms with Crippen LogP contribution in [0, 0.1) is 10.1 Å². The van der Waals surface area contributed by atoms with Gasteiger partial charge in [0.2, 0.25) is 0 Å². The van der Waals surface area contributed by atoms with Crippen LogP contribution in [0.25, 0.3) is 0 Å². The van der Waals surface area contributed by atoms with E-state index in [1.165, 1.54) is 6.07 Å². The highest BCUT2D eigenvalue weighted by molar-refractivity contribution is 5.95. The van der Waals surface area contributed by atoms with Gasteiger partial charge in [0.15, 0.2) is 0 Å². The van der Waals surface area contributed by atoms with Crippen LogP contribution in [-0.4, -0.2) is 41.7 Å². The first-order valence-corrected chi connectivity index (χ1v) is 6.52. The number of nitrogens with zero attached hydrogens (tertiary/aromatic N) is 2. The Morgan fingerprint density at radius 2 is 2.35 bits per heavy atom. The van der Waals surface area contributed by atoms with Crippen molar-refractivity contribution in [3.63, 3.8) is 0 Å². The molecule has 1 aromatic carbocycles. The maximum absolute atomic E-state index is 11.7. The molecule has 1 aromatic rings. The second kappa shape index (κ2) is 5.87. The third kappa shape index (κ3) is 2.88. The maximum Gasteiger partial charge on any atom is 0.293 e.